The smallest absolute Gasteiger partial charge is 0.252 e. The number of rotatable bonds is 6. The highest BCUT2D eigenvalue weighted by atomic mass is 15.2. The first kappa shape index (κ1) is 45.9. The Hall–Kier alpha value is -10.8. The quantitative estimate of drug-likeness (QED) is 0.154. The van der Waals surface area contributed by atoms with Crippen molar-refractivity contribution < 1.29 is 0 Å². The molecule has 0 unspecified atom stereocenters. The van der Waals surface area contributed by atoms with Gasteiger partial charge in [0, 0.05) is 66.8 Å². The predicted octanol–water partition coefficient (Wildman–Crippen LogP) is 15.8. The van der Waals surface area contributed by atoms with E-state index in [1.54, 1.807) is 0 Å². The van der Waals surface area contributed by atoms with E-state index in [9.17, 15) is 0 Å². The molecule has 19 rings (SSSR count). The molecule has 0 aliphatic carbocycles. The lowest BCUT2D eigenvalue weighted by Gasteiger charge is -2.43. The van der Waals surface area contributed by atoms with Gasteiger partial charge in [-0.1, -0.05) is 212 Å². The number of hydrogen-bond donors (Lipinski definition) is 0. The number of aromatic nitrogens is 2. The van der Waals surface area contributed by atoms with Gasteiger partial charge in [0.15, 0.2) is 0 Å². The van der Waals surface area contributed by atoms with Crippen LogP contribution in [0.15, 0.2) is 291 Å². The molecule has 386 valence electrons. The van der Waals surface area contributed by atoms with Crippen molar-refractivity contribution in [2.75, 3.05) is 9.80 Å². The van der Waals surface area contributed by atoms with Gasteiger partial charge in [0.25, 0.3) is 13.4 Å². The number of benzene rings is 13. The van der Waals surface area contributed by atoms with Crippen LogP contribution in [0.4, 0.5) is 34.1 Å². The Labute approximate surface area is 487 Å². The fourth-order valence-electron chi connectivity index (χ4n) is 15.4. The minimum Gasteiger partial charge on any atom is -0.311 e. The Morgan fingerprint density at radius 1 is 0.238 bits per heavy atom. The monoisotopic (exact) mass is 1060 g/mol. The maximum atomic E-state index is 2.68. The predicted molar refractivity (Wildman–Crippen MR) is 356 cm³/mol. The van der Waals surface area contributed by atoms with Gasteiger partial charge < -0.3 is 18.9 Å². The molecule has 0 saturated heterocycles. The molecule has 4 aliphatic rings. The number of anilines is 6. The van der Waals surface area contributed by atoms with Gasteiger partial charge in [-0.15, -0.1) is 0 Å². The molecular formula is C78H48B2N4. The fourth-order valence-corrected chi connectivity index (χ4v) is 15.4. The standard InChI is InChI=1S/C78H48B2N4/c1-7-23-49(24-8-1)53-39-41-67-59(43-53)61-45-57(51-27-11-3-12-28-51)75-73-77(61)83(67)71-48-72-66(47-65(71)79(73)63-35-19-21-37-69(63)81(75)55-31-15-5-16-32-55)80-64-36-20-22-38-70(64)82(56-33-17-6-18-34-56)76-58(52-29-13-4-14-30-52)46-62-60-44-54(50-25-9-2-10-26-50)40-42-68(60)84(72)78(62)74(76)80/h1-48H. The summed E-state index contributed by atoms with van der Waals surface area (Å²) in [5.41, 5.74) is 32.0. The summed E-state index contributed by atoms with van der Waals surface area (Å²) in [4.78, 5) is 5.14. The molecule has 0 radical (unpaired) electrons. The van der Waals surface area contributed by atoms with Gasteiger partial charge in [0.2, 0.25) is 0 Å². The molecule has 0 amide bonds. The third kappa shape index (κ3) is 6.23. The second-order valence-electron chi connectivity index (χ2n) is 23.1. The summed E-state index contributed by atoms with van der Waals surface area (Å²) in [6, 6.07) is 109. The Kier molecular flexibility index (Phi) is 9.48. The van der Waals surface area contributed by atoms with Crippen molar-refractivity contribution in [3.63, 3.8) is 0 Å². The average Bonchev–Trinajstić information content (AvgIpc) is 1.47. The summed E-state index contributed by atoms with van der Waals surface area (Å²) in [5.74, 6) is 0. The van der Waals surface area contributed by atoms with Crippen LogP contribution in [0.2, 0.25) is 0 Å². The van der Waals surface area contributed by atoms with Crippen LogP contribution >= 0.6 is 0 Å². The summed E-state index contributed by atoms with van der Waals surface area (Å²) >= 11 is 0. The molecule has 2 aromatic heterocycles. The Bertz CT molecular complexity index is 4930. The van der Waals surface area contributed by atoms with Crippen molar-refractivity contribution in [3.05, 3.63) is 291 Å². The second kappa shape index (κ2) is 17.4. The van der Waals surface area contributed by atoms with Gasteiger partial charge in [0.1, 0.15) is 0 Å². The first-order chi connectivity index (χ1) is 41.7. The first-order valence-electron chi connectivity index (χ1n) is 29.3. The summed E-state index contributed by atoms with van der Waals surface area (Å²) < 4.78 is 5.33. The Morgan fingerprint density at radius 3 is 1.00 bits per heavy atom. The number of fused-ring (bicyclic) bond motifs is 16. The van der Waals surface area contributed by atoms with Crippen LogP contribution in [0.5, 0.6) is 0 Å². The van der Waals surface area contributed by atoms with Crippen molar-refractivity contribution in [2.45, 2.75) is 0 Å². The average molecular weight is 1060 g/mol. The van der Waals surface area contributed by atoms with Gasteiger partial charge in [-0.3, -0.25) is 0 Å². The Morgan fingerprint density at radius 2 is 0.595 bits per heavy atom. The summed E-state index contributed by atoms with van der Waals surface area (Å²) in [5, 5.41) is 5.00. The molecule has 13 aromatic carbocycles. The molecule has 6 heteroatoms. The maximum Gasteiger partial charge on any atom is 0.252 e. The van der Waals surface area contributed by atoms with Crippen LogP contribution in [0, 0.1) is 0 Å². The van der Waals surface area contributed by atoms with Crippen molar-refractivity contribution in [3.8, 4) is 55.9 Å². The zero-order valence-corrected chi connectivity index (χ0v) is 45.7. The van der Waals surface area contributed by atoms with Crippen LogP contribution in [0.3, 0.4) is 0 Å². The zero-order chi connectivity index (χ0) is 54.7. The van der Waals surface area contributed by atoms with Crippen molar-refractivity contribution in [1.29, 1.82) is 0 Å². The highest BCUT2D eigenvalue weighted by Crippen LogP contribution is 2.51. The lowest BCUT2D eigenvalue weighted by molar-refractivity contribution is 1.14. The third-order valence-electron chi connectivity index (χ3n) is 18.8. The minimum absolute atomic E-state index is 0.112. The van der Waals surface area contributed by atoms with E-state index in [1.807, 2.05) is 0 Å². The van der Waals surface area contributed by atoms with Crippen LogP contribution in [-0.4, -0.2) is 22.6 Å². The van der Waals surface area contributed by atoms with Gasteiger partial charge in [-0.25, -0.2) is 0 Å². The minimum atomic E-state index is -0.112. The van der Waals surface area contributed by atoms with E-state index in [2.05, 4.69) is 310 Å². The molecule has 84 heavy (non-hydrogen) atoms. The lowest BCUT2D eigenvalue weighted by atomic mass is 9.30. The van der Waals surface area contributed by atoms with Crippen LogP contribution in [0.25, 0.3) is 99.5 Å². The molecule has 15 aromatic rings. The molecule has 6 heterocycles. The van der Waals surface area contributed by atoms with E-state index in [1.165, 1.54) is 155 Å². The third-order valence-corrected chi connectivity index (χ3v) is 18.8. The zero-order valence-electron chi connectivity index (χ0n) is 45.7. The number of nitrogens with zero attached hydrogens (tertiary/aromatic N) is 4. The first-order valence-corrected chi connectivity index (χ1v) is 29.3. The largest absolute Gasteiger partial charge is 0.311 e. The van der Waals surface area contributed by atoms with Crippen LogP contribution in [0.1, 0.15) is 0 Å². The number of hydrogen-bond acceptors (Lipinski definition) is 2. The SMILES string of the molecule is c1ccc(-c2ccc3c(c2)c2cc(-c4ccccc4)c4c5c2n3-c2cc3c(cc2B5c2ccccc2N4c2ccccc2)B2c4ccccc4N(c4ccccc4)c4c(-c5ccccc5)cc5c6cc(-c7ccccc7)ccc6n-3c5c42)cc1. The summed E-state index contributed by atoms with van der Waals surface area (Å²) in [7, 11) is 0. The topological polar surface area (TPSA) is 16.3 Å². The summed E-state index contributed by atoms with van der Waals surface area (Å²) in [6.07, 6.45) is 0. The van der Waals surface area contributed by atoms with E-state index in [-0.39, 0.29) is 13.4 Å². The molecule has 0 spiro atoms. The normalized spacial score (nSPS) is 13.1. The van der Waals surface area contributed by atoms with Crippen LogP contribution in [-0.2, 0) is 0 Å². The Balaban J connectivity index is 0.998. The van der Waals surface area contributed by atoms with Gasteiger partial charge in [-0.2, -0.15) is 0 Å². The molecule has 0 N–H and O–H groups in total. The van der Waals surface area contributed by atoms with Crippen LogP contribution < -0.4 is 42.6 Å². The van der Waals surface area contributed by atoms with Gasteiger partial charge in [0.05, 0.1) is 33.4 Å². The van der Waals surface area contributed by atoms with E-state index < -0.39 is 0 Å². The molecule has 0 saturated carbocycles. The van der Waals surface area contributed by atoms with Crippen molar-refractivity contribution >= 4 is 124 Å². The lowest BCUT2D eigenvalue weighted by Crippen LogP contribution is -2.64. The fraction of sp³-hybridized carbons (Fsp3) is 0. The highest BCUT2D eigenvalue weighted by molar-refractivity contribution is 7.03. The molecule has 0 fully saturated rings. The molecule has 4 nitrogen and oxygen atoms in total. The van der Waals surface area contributed by atoms with E-state index in [4.69, 9.17) is 0 Å². The highest BCUT2D eigenvalue weighted by Gasteiger charge is 2.48. The van der Waals surface area contributed by atoms with E-state index in [0.29, 0.717) is 0 Å². The van der Waals surface area contributed by atoms with E-state index in [0.717, 1.165) is 11.4 Å². The van der Waals surface area contributed by atoms with E-state index >= 15 is 0 Å². The maximum absolute atomic E-state index is 2.68. The molecule has 4 aliphatic heterocycles. The molecular weight excluding hydrogens is 1010 g/mol. The van der Waals surface area contributed by atoms with Crippen molar-refractivity contribution in [1.82, 2.24) is 9.13 Å². The van der Waals surface area contributed by atoms with Crippen molar-refractivity contribution in [2.24, 2.45) is 0 Å². The molecule has 0 bridgehead atoms. The number of para-hydroxylation sites is 4. The van der Waals surface area contributed by atoms with Gasteiger partial charge in [-0.05, 0) is 145 Å². The summed E-state index contributed by atoms with van der Waals surface area (Å²) in [6.45, 7) is -0.224. The molecule has 0 atom stereocenters. The second-order valence-corrected chi connectivity index (χ2v) is 23.1. The van der Waals surface area contributed by atoms with Gasteiger partial charge >= 0.3 is 0 Å².